The lowest BCUT2D eigenvalue weighted by molar-refractivity contribution is 0.0947. The lowest BCUT2D eigenvalue weighted by Gasteiger charge is -2.05. The molecule has 0 unspecified atom stereocenters. The Kier molecular flexibility index (Phi) is 4.06. The molecule has 2 aromatic carbocycles. The van der Waals surface area contributed by atoms with Gasteiger partial charge in [-0.1, -0.05) is 46.3 Å². The van der Waals surface area contributed by atoms with Gasteiger partial charge < -0.3 is 9.73 Å². The third-order valence-corrected chi connectivity index (χ3v) is 3.73. The van der Waals surface area contributed by atoms with Crippen LogP contribution in [-0.2, 0) is 6.54 Å². The molecular weight excluding hydrogens is 346 g/mol. The monoisotopic (exact) mass is 357 g/mol. The normalized spacial score (nSPS) is 10.6. The van der Waals surface area contributed by atoms with Crippen LogP contribution in [0.25, 0.3) is 11.0 Å². The smallest absolute Gasteiger partial charge is 0.349 e. The number of nitrogens with one attached hydrogen (secondary N) is 1. The summed E-state index contributed by atoms with van der Waals surface area (Å²) in [7, 11) is 0. The van der Waals surface area contributed by atoms with Gasteiger partial charge in [0.1, 0.15) is 11.1 Å². The molecule has 110 valence electrons. The Morgan fingerprint density at radius 2 is 1.86 bits per heavy atom. The minimum Gasteiger partial charge on any atom is -0.422 e. The van der Waals surface area contributed by atoms with Crippen molar-refractivity contribution in [3.05, 3.63) is 80.6 Å². The maximum Gasteiger partial charge on any atom is 0.349 e. The van der Waals surface area contributed by atoms with Crippen LogP contribution in [0.2, 0.25) is 0 Å². The molecule has 0 fully saturated rings. The number of fused-ring (bicyclic) bond motifs is 1. The predicted octanol–water partition coefficient (Wildman–Crippen LogP) is 3.49. The molecule has 22 heavy (non-hydrogen) atoms. The molecule has 3 aromatic rings. The van der Waals surface area contributed by atoms with Crippen LogP contribution in [0.5, 0.6) is 0 Å². The van der Waals surface area contributed by atoms with Crippen LogP contribution < -0.4 is 10.9 Å². The quantitative estimate of drug-likeness (QED) is 0.730. The zero-order valence-electron chi connectivity index (χ0n) is 11.5. The van der Waals surface area contributed by atoms with E-state index in [1.54, 1.807) is 24.3 Å². The molecule has 1 aromatic heterocycles. The molecule has 0 bridgehead atoms. The molecule has 0 spiro atoms. The van der Waals surface area contributed by atoms with E-state index in [9.17, 15) is 9.59 Å². The molecule has 1 heterocycles. The topological polar surface area (TPSA) is 59.3 Å². The third-order valence-electron chi connectivity index (χ3n) is 3.23. The van der Waals surface area contributed by atoms with Crippen molar-refractivity contribution in [3.8, 4) is 0 Å². The van der Waals surface area contributed by atoms with Crippen LogP contribution in [0.15, 0.2) is 68.3 Å². The number of rotatable bonds is 3. The van der Waals surface area contributed by atoms with E-state index in [4.69, 9.17) is 4.42 Å². The van der Waals surface area contributed by atoms with E-state index in [-0.39, 0.29) is 5.56 Å². The van der Waals surface area contributed by atoms with Crippen LogP contribution in [0.4, 0.5) is 0 Å². The van der Waals surface area contributed by atoms with E-state index in [1.165, 1.54) is 0 Å². The number of hydrogen-bond acceptors (Lipinski definition) is 3. The summed E-state index contributed by atoms with van der Waals surface area (Å²) >= 11 is 3.35. The van der Waals surface area contributed by atoms with E-state index < -0.39 is 11.5 Å². The summed E-state index contributed by atoms with van der Waals surface area (Å²) in [5.41, 5.74) is 0.776. The number of carbonyl (C=O) groups excluding carboxylic acids is 1. The molecule has 5 heteroatoms. The first-order valence-electron chi connectivity index (χ1n) is 6.69. The third kappa shape index (κ3) is 3.09. The van der Waals surface area contributed by atoms with Crippen LogP contribution in [0.3, 0.4) is 0 Å². The lowest BCUT2D eigenvalue weighted by Crippen LogP contribution is -2.27. The van der Waals surface area contributed by atoms with Gasteiger partial charge in [-0.25, -0.2) is 4.79 Å². The average Bonchev–Trinajstić information content (AvgIpc) is 2.53. The van der Waals surface area contributed by atoms with Gasteiger partial charge in [-0.3, -0.25) is 4.79 Å². The van der Waals surface area contributed by atoms with Gasteiger partial charge in [0.15, 0.2) is 0 Å². The molecule has 0 radical (unpaired) electrons. The first kappa shape index (κ1) is 14.5. The van der Waals surface area contributed by atoms with Crippen LogP contribution >= 0.6 is 15.9 Å². The van der Waals surface area contributed by atoms with E-state index in [0.29, 0.717) is 17.5 Å². The van der Waals surface area contributed by atoms with E-state index in [0.717, 1.165) is 10.0 Å². The molecular formula is C17H12BrNO3. The molecule has 0 saturated heterocycles. The van der Waals surface area contributed by atoms with Gasteiger partial charge in [0.2, 0.25) is 0 Å². The molecule has 0 saturated carbocycles. The van der Waals surface area contributed by atoms with Crippen LogP contribution in [0, 0.1) is 0 Å². The highest BCUT2D eigenvalue weighted by molar-refractivity contribution is 9.10. The Labute approximate surface area is 134 Å². The number of halogens is 1. The highest BCUT2D eigenvalue weighted by Gasteiger charge is 2.13. The first-order chi connectivity index (χ1) is 10.6. The zero-order chi connectivity index (χ0) is 15.5. The fourth-order valence-electron chi connectivity index (χ4n) is 2.13. The molecule has 0 atom stereocenters. The second kappa shape index (κ2) is 6.15. The highest BCUT2D eigenvalue weighted by Crippen LogP contribution is 2.19. The van der Waals surface area contributed by atoms with Crippen molar-refractivity contribution in [1.82, 2.24) is 5.32 Å². The summed E-state index contributed by atoms with van der Waals surface area (Å²) in [4.78, 5) is 24.1. The largest absolute Gasteiger partial charge is 0.422 e. The summed E-state index contributed by atoms with van der Waals surface area (Å²) in [6, 6.07) is 16.3. The van der Waals surface area contributed by atoms with Crippen molar-refractivity contribution in [1.29, 1.82) is 0 Å². The molecule has 0 aliphatic carbocycles. The average molecular weight is 358 g/mol. The fourth-order valence-corrected chi connectivity index (χ4v) is 2.50. The SMILES string of the molecule is O=C(NCc1ccccc1)c1cc2cc(Br)ccc2oc1=O. The van der Waals surface area contributed by atoms with E-state index in [1.807, 2.05) is 30.3 Å². The van der Waals surface area contributed by atoms with Crippen molar-refractivity contribution in [3.63, 3.8) is 0 Å². The number of hydrogen-bond donors (Lipinski definition) is 1. The second-order valence-electron chi connectivity index (χ2n) is 4.80. The van der Waals surface area contributed by atoms with Gasteiger partial charge in [0, 0.05) is 16.4 Å². The molecule has 1 amide bonds. The molecule has 3 rings (SSSR count). The Balaban J connectivity index is 1.87. The standard InChI is InChI=1S/C17H12BrNO3/c18-13-6-7-15-12(8-13)9-14(17(21)22-15)16(20)19-10-11-4-2-1-3-5-11/h1-9H,10H2,(H,19,20). The highest BCUT2D eigenvalue weighted by atomic mass is 79.9. The molecule has 4 nitrogen and oxygen atoms in total. The van der Waals surface area contributed by atoms with Gasteiger partial charge in [-0.05, 0) is 29.8 Å². The molecule has 0 aliphatic heterocycles. The number of benzene rings is 2. The Morgan fingerprint density at radius 1 is 1.09 bits per heavy atom. The summed E-state index contributed by atoms with van der Waals surface area (Å²) < 4.78 is 6.04. The zero-order valence-corrected chi connectivity index (χ0v) is 13.1. The van der Waals surface area contributed by atoms with Gasteiger partial charge in [-0.2, -0.15) is 0 Å². The van der Waals surface area contributed by atoms with Crippen molar-refractivity contribution >= 4 is 32.8 Å². The molecule has 1 N–H and O–H groups in total. The fraction of sp³-hybridized carbons (Fsp3) is 0.0588. The van der Waals surface area contributed by atoms with Crippen molar-refractivity contribution in [2.24, 2.45) is 0 Å². The summed E-state index contributed by atoms with van der Waals surface area (Å²) in [5.74, 6) is -0.445. The van der Waals surface area contributed by atoms with Crippen LogP contribution in [-0.4, -0.2) is 5.91 Å². The molecule has 0 aliphatic rings. The van der Waals surface area contributed by atoms with Crippen LogP contribution in [0.1, 0.15) is 15.9 Å². The maximum atomic E-state index is 12.2. The lowest BCUT2D eigenvalue weighted by atomic mass is 10.1. The number of carbonyl (C=O) groups is 1. The van der Waals surface area contributed by atoms with Crippen molar-refractivity contribution in [2.45, 2.75) is 6.54 Å². The minimum atomic E-state index is -0.639. The van der Waals surface area contributed by atoms with E-state index in [2.05, 4.69) is 21.2 Å². The maximum absolute atomic E-state index is 12.2. The summed E-state index contributed by atoms with van der Waals surface area (Å²) in [6.07, 6.45) is 0. The predicted molar refractivity (Wildman–Crippen MR) is 87.8 cm³/mol. The Morgan fingerprint density at radius 3 is 2.64 bits per heavy atom. The second-order valence-corrected chi connectivity index (χ2v) is 5.71. The van der Waals surface area contributed by atoms with Crippen molar-refractivity contribution < 1.29 is 9.21 Å². The Hall–Kier alpha value is -2.40. The first-order valence-corrected chi connectivity index (χ1v) is 7.48. The van der Waals surface area contributed by atoms with Gasteiger partial charge in [-0.15, -0.1) is 0 Å². The van der Waals surface area contributed by atoms with Gasteiger partial charge in [0.05, 0.1) is 0 Å². The van der Waals surface area contributed by atoms with Crippen molar-refractivity contribution in [2.75, 3.05) is 0 Å². The van der Waals surface area contributed by atoms with Gasteiger partial charge >= 0.3 is 5.63 Å². The summed E-state index contributed by atoms with van der Waals surface area (Å²) in [6.45, 7) is 0.357. The Bertz CT molecular complexity index is 887. The number of amides is 1. The minimum absolute atomic E-state index is 0.00142. The van der Waals surface area contributed by atoms with E-state index >= 15 is 0 Å². The van der Waals surface area contributed by atoms with Gasteiger partial charge in [0.25, 0.3) is 5.91 Å². The summed E-state index contributed by atoms with van der Waals surface area (Å²) in [5, 5.41) is 3.42.